The number of rotatable bonds is 1. The maximum absolute atomic E-state index is 11.6. The minimum absolute atomic E-state index is 0.0139. The zero-order valence-corrected chi connectivity index (χ0v) is 8.97. The molecule has 2 fully saturated rings. The first-order valence-corrected chi connectivity index (χ1v) is 5.47. The smallest absolute Gasteiger partial charge is 0.223 e. The molecule has 1 aliphatic heterocycles. The van der Waals surface area contributed by atoms with Gasteiger partial charge in [-0.1, -0.05) is 6.92 Å². The topological polar surface area (TPSA) is 49.3 Å². The molecular weight excluding hydrogens is 178 g/mol. The number of hydrogen-bond acceptors (Lipinski definition) is 2. The van der Waals surface area contributed by atoms with Gasteiger partial charge in [0.15, 0.2) is 0 Å². The molecular formula is C11H19NO2. The fourth-order valence-corrected chi connectivity index (χ4v) is 3.11. The van der Waals surface area contributed by atoms with Crippen molar-refractivity contribution < 1.29 is 9.90 Å². The van der Waals surface area contributed by atoms with Gasteiger partial charge in [-0.15, -0.1) is 0 Å². The third kappa shape index (κ3) is 1.18. The largest absolute Gasteiger partial charge is 0.390 e. The zero-order chi connectivity index (χ0) is 10.4. The third-order valence-corrected chi connectivity index (χ3v) is 4.41. The summed E-state index contributed by atoms with van der Waals surface area (Å²) in [5.74, 6) is 0.148. The second-order valence-electron chi connectivity index (χ2n) is 5.18. The highest BCUT2D eigenvalue weighted by molar-refractivity contribution is 5.81. The molecule has 1 saturated carbocycles. The van der Waals surface area contributed by atoms with Crippen LogP contribution in [0.3, 0.4) is 0 Å². The van der Waals surface area contributed by atoms with Crippen LogP contribution in [0.1, 0.15) is 39.5 Å². The molecule has 3 heteroatoms. The van der Waals surface area contributed by atoms with Crippen LogP contribution in [-0.4, -0.2) is 23.2 Å². The van der Waals surface area contributed by atoms with Crippen molar-refractivity contribution >= 4 is 5.91 Å². The van der Waals surface area contributed by atoms with Gasteiger partial charge < -0.3 is 10.4 Å². The molecule has 2 aliphatic rings. The van der Waals surface area contributed by atoms with Gasteiger partial charge in [-0.2, -0.15) is 0 Å². The van der Waals surface area contributed by atoms with Crippen LogP contribution in [-0.2, 0) is 4.79 Å². The molecule has 0 aromatic heterocycles. The van der Waals surface area contributed by atoms with Gasteiger partial charge in [-0.25, -0.2) is 0 Å². The van der Waals surface area contributed by atoms with Crippen molar-refractivity contribution in [2.24, 2.45) is 11.3 Å². The van der Waals surface area contributed by atoms with Gasteiger partial charge in [-0.05, 0) is 32.6 Å². The van der Waals surface area contributed by atoms with Crippen molar-refractivity contribution in [3.63, 3.8) is 0 Å². The lowest BCUT2D eigenvalue weighted by Gasteiger charge is -2.40. The molecule has 1 amide bonds. The van der Waals surface area contributed by atoms with Crippen LogP contribution in [0.2, 0.25) is 0 Å². The first-order chi connectivity index (χ1) is 6.47. The average molecular weight is 197 g/mol. The Balaban J connectivity index is 2.26. The normalized spacial score (nSPS) is 48.2. The highest BCUT2D eigenvalue weighted by atomic mass is 16.3. The summed E-state index contributed by atoms with van der Waals surface area (Å²) in [5.41, 5.74) is -0.882. The summed E-state index contributed by atoms with van der Waals surface area (Å²) >= 11 is 0. The SMILES string of the molecule is CC1(O)CCCC1(C)C1CCNC1=O. The highest BCUT2D eigenvalue weighted by Crippen LogP contribution is 2.52. The molecule has 3 atom stereocenters. The molecule has 0 aromatic carbocycles. The number of aliphatic hydroxyl groups is 1. The van der Waals surface area contributed by atoms with E-state index in [1.54, 1.807) is 0 Å². The first-order valence-electron chi connectivity index (χ1n) is 5.47. The van der Waals surface area contributed by atoms with Gasteiger partial charge in [0.2, 0.25) is 5.91 Å². The van der Waals surface area contributed by atoms with E-state index in [4.69, 9.17) is 0 Å². The Bertz CT molecular complexity index is 262. The summed E-state index contributed by atoms with van der Waals surface area (Å²) in [7, 11) is 0. The lowest BCUT2D eigenvalue weighted by Crippen LogP contribution is -2.46. The van der Waals surface area contributed by atoms with Crippen LogP contribution >= 0.6 is 0 Å². The summed E-state index contributed by atoms with van der Waals surface area (Å²) in [5, 5.41) is 13.2. The number of hydrogen-bond donors (Lipinski definition) is 2. The molecule has 0 aromatic rings. The Morgan fingerprint density at radius 1 is 1.43 bits per heavy atom. The molecule has 3 unspecified atom stereocenters. The second-order valence-corrected chi connectivity index (χ2v) is 5.18. The summed E-state index contributed by atoms with van der Waals surface area (Å²) in [6.07, 6.45) is 3.71. The van der Waals surface area contributed by atoms with Crippen molar-refractivity contribution in [2.45, 2.75) is 45.1 Å². The Hall–Kier alpha value is -0.570. The van der Waals surface area contributed by atoms with Gasteiger partial charge in [-0.3, -0.25) is 4.79 Å². The molecule has 1 saturated heterocycles. The summed E-state index contributed by atoms with van der Waals surface area (Å²) in [6.45, 7) is 4.72. The van der Waals surface area contributed by atoms with Crippen LogP contribution in [0.15, 0.2) is 0 Å². The number of amides is 1. The Kier molecular flexibility index (Phi) is 2.11. The predicted octanol–water partition coefficient (Wildman–Crippen LogP) is 1.06. The van der Waals surface area contributed by atoms with Crippen molar-refractivity contribution in [1.29, 1.82) is 0 Å². The van der Waals surface area contributed by atoms with Crippen LogP contribution in [0, 0.1) is 11.3 Å². The maximum Gasteiger partial charge on any atom is 0.223 e. The minimum Gasteiger partial charge on any atom is -0.390 e. The van der Waals surface area contributed by atoms with E-state index in [9.17, 15) is 9.90 Å². The first kappa shape index (κ1) is 9.97. The van der Waals surface area contributed by atoms with E-state index in [1.807, 2.05) is 6.92 Å². The highest BCUT2D eigenvalue weighted by Gasteiger charge is 2.54. The maximum atomic E-state index is 11.6. The van der Waals surface area contributed by atoms with Crippen LogP contribution in [0.4, 0.5) is 0 Å². The molecule has 2 N–H and O–H groups in total. The fraction of sp³-hybridized carbons (Fsp3) is 0.909. The summed E-state index contributed by atoms with van der Waals surface area (Å²) < 4.78 is 0. The Morgan fingerprint density at radius 2 is 2.14 bits per heavy atom. The van der Waals surface area contributed by atoms with E-state index in [0.717, 1.165) is 32.2 Å². The quantitative estimate of drug-likeness (QED) is 0.660. The molecule has 1 heterocycles. The fourth-order valence-electron chi connectivity index (χ4n) is 3.11. The molecule has 0 bridgehead atoms. The van der Waals surface area contributed by atoms with Gasteiger partial charge in [0.1, 0.15) is 0 Å². The van der Waals surface area contributed by atoms with Crippen molar-refractivity contribution in [2.75, 3.05) is 6.54 Å². The van der Waals surface area contributed by atoms with E-state index in [0.29, 0.717) is 0 Å². The zero-order valence-electron chi connectivity index (χ0n) is 8.97. The average Bonchev–Trinajstić information content (AvgIpc) is 2.59. The van der Waals surface area contributed by atoms with E-state index in [-0.39, 0.29) is 17.2 Å². The molecule has 1 aliphatic carbocycles. The molecule has 0 spiro atoms. The minimum atomic E-state index is -0.667. The van der Waals surface area contributed by atoms with E-state index in [1.165, 1.54) is 0 Å². The van der Waals surface area contributed by atoms with Gasteiger partial charge >= 0.3 is 0 Å². The van der Waals surface area contributed by atoms with Gasteiger partial charge in [0.25, 0.3) is 0 Å². The van der Waals surface area contributed by atoms with E-state index >= 15 is 0 Å². The lowest BCUT2D eigenvalue weighted by atomic mass is 9.67. The number of carbonyl (C=O) groups excluding carboxylic acids is 1. The molecule has 14 heavy (non-hydrogen) atoms. The van der Waals surface area contributed by atoms with E-state index < -0.39 is 5.60 Å². The lowest BCUT2D eigenvalue weighted by molar-refractivity contribution is -0.134. The van der Waals surface area contributed by atoms with Crippen molar-refractivity contribution in [3.8, 4) is 0 Å². The predicted molar refractivity (Wildman–Crippen MR) is 53.7 cm³/mol. The number of nitrogens with one attached hydrogen (secondary N) is 1. The molecule has 80 valence electrons. The third-order valence-electron chi connectivity index (χ3n) is 4.41. The monoisotopic (exact) mass is 197 g/mol. The molecule has 3 nitrogen and oxygen atoms in total. The molecule has 0 radical (unpaired) electrons. The van der Waals surface area contributed by atoms with Crippen LogP contribution in [0.5, 0.6) is 0 Å². The number of carbonyl (C=O) groups is 1. The standard InChI is InChI=1S/C11H19NO2/c1-10(5-3-6-11(10,2)14)8-4-7-12-9(8)13/h8,14H,3-7H2,1-2H3,(H,12,13). The van der Waals surface area contributed by atoms with Gasteiger partial charge in [0.05, 0.1) is 5.60 Å². The summed E-state index contributed by atoms with van der Waals surface area (Å²) in [6, 6.07) is 0. The van der Waals surface area contributed by atoms with Crippen LogP contribution in [0.25, 0.3) is 0 Å². The summed E-state index contributed by atoms with van der Waals surface area (Å²) in [4.78, 5) is 11.6. The van der Waals surface area contributed by atoms with Crippen LogP contribution < -0.4 is 5.32 Å². The molecule has 2 rings (SSSR count). The van der Waals surface area contributed by atoms with Crippen molar-refractivity contribution in [1.82, 2.24) is 5.32 Å². The van der Waals surface area contributed by atoms with Crippen molar-refractivity contribution in [3.05, 3.63) is 0 Å². The Labute approximate surface area is 84.9 Å². The van der Waals surface area contributed by atoms with E-state index in [2.05, 4.69) is 12.2 Å². The Morgan fingerprint density at radius 3 is 2.57 bits per heavy atom. The second kappa shape index (κ2) is 2.96. The van der Waals surface area contributed by atoms with Gasteiger partial charge in [0, 0.05) is 17.9 Å².